The molecule has 0 aromatic carbocycles. The van der Waals surface area contributed by atoms with E-state index in [9.17, 15) is 86.8 Å². The van der Waals surface area contributed by atoms with Gasteiger partial charge in [0.1, 0.15) is 146 Å². The van der Waals surface area contributed by atoms with Gasteiger partial charge in [-0.1, -0.05) is 0 Å². The van der Waals surface area contributed by atoms with Crippen LogP contribution in [-0.4, -0.2) is 321 Å². The molecule has 0 amide bonds. The maximum absolute atomic E-state index is 11.3. The number of nitrogens with two attached hydrogens (primary N) is 1. The van der Waals surface area contributed by atoms with E-state index in [1.807, 2.05) is 0 Å². The summed E-state index contributed by atoms with van der Waals surface area (Å²) in [6.07, 6.45) is -57.4. The Morgan fingerprint density at radius 1 is 0.314 bits per heavy atom. The van der Waals surface area contributed by atoms with Gasteiger partial charge >= 0.3 is 0 Å². The summed E-state index contributed by atoms with van der Waals surface area (Å²) in [7, 11) is 0. The molecule has 20 N–H and O–H groups in total. The summed E-state index contributed by atoms with van der Waals surface area (Å²) in [5, 5.41) is 199. The molecular weight excluding hydrogens is 972 g/mol. The smallest absolute Gasteiger partial charge is 0.291 e. The van der Waals surface area contributed by atoms with Gasteiger partial charge in [-0.3, -0.25) is 0 Å². The van der Waals surface area contributed by atoms with Gasteiger partial charge in [0.15, 0.2) is 37.7 Å². The standard InChI is InChI=1S/C36H61NO29.HNO3/c37-1-7-25-13(43)19(49)31(55-7)62-26-8(2-38)57-33(21(51)15(26)45)64-28-10(4-40)59-35(23(53)17(28)47)66-30-12(6-42)60-36(24(54)18(30)48)65-29-11(5-41)58-34(22(52)16(29)46)63-27-9(3-39)56-32(61-25)20(50)14(27)44;2-1(3)4/h7-36,38-54H,1-6,37H2;(H,2,3,4)/t7-,8-,9-,10-,11-,12-,13-,14-,15-,16-,17-,18-,19-,20-,21-,22-,23-,24-,25-,26-,27-,28-,29-,30-,31-,32-,33-,34-,35-,36-;/m1./s1. The van der Waals surface area contributed by atoms with Crippen molar-refractivity contribution in [2.24, 2.45) is 5.73 Å². The molecule has 408 valence electrons. The number of nitrogens with zero attached hydrogens (tertiary/aromatic N) is 1. The highest BCUT2D eigenvalue weighted by atomic mass is 16.9. The third-order valence-electron chi connectivity index (χ3n) is 12.7. The molecule has 0 saturated carbocycles. The molecule has 34 heteroatoms. The van der Waals surface area contributed by atoms with Gasteiger partial charge in [0.05, 0.1) is 33.0 Å². The third kappa shape index (κ3) is 11.8. The minimum absolute atomic E-state index is 0.499. The highest BCUT2D eigenvalue weighted by molar-refractivity contribution is 5.01. The Morgan fingerprint density at radius 2 is 0.457 bits per heavy atom. The molecule has 22 aliphatic heterocycles. The molecule has 0 aliphatic carbocycles. The minimum atomic E-state index is -2.14. The van der Waals surface area contributed by atoms with Crippen molar-refractivity contribution in [3.8, 4) is 0 Å². The summed E-state index contributed by atoms with van der Waals surface area (Å²) < 4.78 is 68.3. The fourth-order valence-electron chi connectivity index (χ4n) is 8.97. The zero-order valence-electron chi connectivity index (χ0n) is 36.4. The molecule has 0 radical (unpaired) electrons. The molecule has 30 atom stereocenters. The maximum atomic E-state index is 11.3. The second kappa shape index (κ2) is 24.6. The van der Waals surface area contributed by atoms with Gasteiger partial charge in [-0.15, -0.1) is 10.1 Å². The summed E-state index contributed by atoms with van der Waals surface area (Å²) in [6, 6.07) is 0. The molecule has 0 aromatic rings. The van der Waals surface area contributed by atoms with Crippen molar-refractivity contribution in [1.82, 2.24) is 0 Å². The second-order valence-corrected chi connectivity index (χ2v) is 17.1. The molecular formula is C36H62N2O32. The van der Waals surface area contributed by atoms with Crippen LogP contribution in [0.4, 0.5) is 0 Å². The molecule has 22 heterocycles. The highest BCUT2D eigenvalue weighted by Crippen LogP contribution is 2.38. The number of rotatable bonds is 6. The Hall–Kier alpha value is -2.00. The number of hydrogen-bond acceptors (Lipinski definition) is 32. The van der Waals surface area contributed by atoms with Crippen LogP contribution in [0, 0.1) is 10.1 Å². The van der Waals surface area contributed by atoms with Crippen LogP contribution in [0.3, 0.4) is 0 Å². The summed E-state index contributed by atoms with van der Waals surface area (Å²) >= 11 is 0. The lowest BCUT2D eigenvalue weighted by Gasteiger charge is -2.50. The molecule has 70 heavy (non-hydrogen) atoms. The first-order chi connectivity index (χ1) is 33.2. The zero-order chi connectivity index (χ0) is 51.6. The second-order valence-electron chi connectivity index (χ2n) is 17.1. The molecule has 34 nitrogen and oxygen atoms in total. The van der Waals surface area contributed by atoms with E-state index >= 15 is 0 Å². The fourth-order valence-corrected chi connectivity index (χ4v) is 8.97. The van der Waals surface area contributed by atoms with E-state index in [1.54, 1.807) is 0 Å². The number of ether oxygens (including phenoxy) is 12. The van der Waals surface area contributed by atoms with Crippen molar-refractivity contribution >= 4 is 0 Å². The Bertz CT molecular complexity index is 1340. The van der Waals surface area contributed by atoms with Crippen molar-refractivity contribution in [1.29, 1.82) is 0 Å². The molecule has 22 rings (SSSR count). The van der Waals surface area contributed by atoms with Crippen LogP contribution in [0.1, 0.15) is 0 Å². The highest BCUT2D eigenvalue weighted by Gasteiger charge is 2.58. The normalized spacial score (nSPS) is 52.5. The van der Waals surface area contributed by atoms with Crippen LogP contribution < -0.4 is 5.73 Å². The van der Waals surface area contributed by atoms with Gasteiger partial charge in [-0.05, 0) is 0 Å². The number of hydrogen-bond donors (Lipinski definition) is 19. The number of aliphatic hydroxyl groups is 17. The lowest BCUT2D eigenvalue weighted by atomic mass is 9.94. The predicted octanol–water partition coefficient (Wildman–Crippen LogP) is -13.4. The Kier molecular flexibility index (Phi) is 20.1. The lowest BCUT2D eigenvalue weighted by molar-refractivity contribution is -0.742. The van der Waals surface area contributed by atoms with E-state index in [1.165, 1.54) is 0 Å². The van der Waals surface area contributed by atoms with Crippen LogP contribution in [0.25, 0.3) is 0 Å². The van der Waals surface area contributed by atoms with Crippen LogP contribution in [0.2, 0.25) is 0 Å². The Balaban J connectivity index is 0.00000193. The van der Waals surface area contributed by atoms with Gasteiger partial charge in [0.2, 0.25) is 0 Å². The van der Waals surface area contributed by atoms with E-state index in [-0.39, 0.29) is 0 Å². The van der Waals surface area contributed by atoms with Crippen molar-refractivity contribution in [3.63, 3.8) is 0 Å². The largest absolute Gasteiger partial charge is 0.394 e. The van der Waals surface area contributed by atoms with Gasteiger partial charge in [0.25, 0.3) is 5.09 Å². The Morgan fingerprint density at radius 3 is 0.600 bits per heavy atom. The quantitative estimate of drug-likeness (QED) is 0.0867. The van der Waals surface area contributed by atoms with Crippen molar-refractivity contribution in [2.45, 2.75) is 184 Å². The summed E-state index contributed by atoms with van der Waals surface area (Å²) in [4.78, 5) is 8.36. The van der Waals surface area contributed by atoms with Gasteiger partial charge < -0.3 is 155 Å². The average Bonchev–Trinajstić information content (AvgIpc) is 3.33. The van der Waals surface area contributed by atoms with E-state index in [2.05, 4.69) is 0 Å². The van der Waals surface area contributed by atoms with Gasteiger partial charge in [-0.2, -0.15) is 0 Å². The topological polar surface area (TPSA) is 544 Å². The van der Waals surface area contributed by atoms with Crippen LogP contribution >= 0.6 is 0 Å². The minimum Gasteiger partial charge on any atom is -0.394 e. The van der Waals surface area contributed by atoms with Crippen LogP contribution in [0.15, 0.2) is 0 Å². The van der Waals surface area contributed by atoms with Gasteiger partial charge in [0, 0.05) is 6.54 Å². The van der Waals surface area contributed by atoms with E-state index in [0.717, 1.165) is 0 Å². The van der Waals surface area contributed by atoms with E-state index in [0.29, 0.717) is 0 Å². The molecule has 0 aromatic heterocycles. The zero-order valence-corrected chi connectivity index (χ0v) is 36.4. The van der Waals surface area contributed by atoms with E-state index in [4.69, 9.17) is 77.9 Å². The van der Waals surface area contributed by atoms with Crippen molar-refractivity contribution in [3.05, 3.63) is 10.1 Å². The van der Waals surface area contributed by atoms with Crippen molar-refractivity contribution in [2.75, 3.05) is 39.6 Å². The average molecular weight is 1030 g/mol. The first kappa shape index (κ1) is 57.3. The summed E-state index contributed by atoms with van der Waals surface area (Å²) in [6.45, 7) is -5.42. The molecule has 22 fully saturated rings. The van der Waals surface area contributed by atoms with Crippen LogP contribution in [0.5, 0.6) is 0 Å². The molecule has 0 unspecified atom stereocenters. The van der Waals surface area contributed by atoms with Crippen LogP contribution in [-0.2, 0) is 56.8 Å². The molecule has 22 saturated heterocycles. The third-order valence-corrected chi connectivity index (χ3v) is 12.7. The number of aliphatic hydroxyl groups excluding tert-OH is 17. The summed E-state index contributed by atoms with van der Waals surface area (Å²) in [5.41, 5.74) is 5.91. The first-order valence-corrected chi connectivity index (χ1v) is 21.8. The monoisotopic (exact) mass is 1030 g/mol. The van der Waals surface area contributed by atoms with E-state index < -0.39 is 229 Å². The maximum Gasteiger partial charge on any atom is 0.291 e. The van der Waals surface area contributed by atoms with Crippen molar-refractivity contribution < 1.29 is 154 Å². The predicted molar refractivity (Wildman–Crippen MR) is 207 cm³/mol. The summed E-state index contributed by atoms with van der Waals surface area (Å²) in [5.74, 6) is 0. The fraction of sp³-hybridized carbons (Fsp3) is 1.00. The van der Waals surface area contributed by atoms with Gasteiger partial charge in [-0.25, -0.2) is 0 Å². The molecule has 22 aliphatic rings. The SMILES string of the molecule is NC[C@H]1O[C@@H]2O[C@H]3[C@H](O)[C@@H](O)[C@@H](O[C@H]4[C@H](O)[C@@H](O)[C@@H](O[C@H]5[C@H](O)[C@@H](O)[C@@H](O[C@H]6[C@H](O)[C@@H](O)[C@@H](O[C@H]7[C@H](O)[C@@H](O)[C@@H](O[C@H]1[C@H](O)[C@H]2O)O[C@@H]7CO)O[C@@H]6CO)O[C@@H]5CO)O[C@@H]4CO)O[C@@H]3CO.O=[N+]([O-])O. The molecule has 0 spiro atoms. The first-order valence-electron chi connectivity index (χ1n) is 21.8. The molecule has 12 bridgehead atoms. The Labute approximate surface area is 393 Å². The lowest BCUT2D eigenvalue weighted by Crippen LogP contribution is -2.69.